The highest BCUT2D eigenvalue weighted by Gasteiger charge is 2.29. The molecule has 31 heavy (non-hydrogen) atoms. The highest BCUT2D eigenvalue weighted by molar-refractivity contribution is 5.94. The van der Waals surface area contributed by atoms with Crippen LogP contribution in [0.2, 0.25) is 0 Å². The number of aryl methyl sites for hydroxylation is 1. The average molecular weight is 416 g/mol. The molecule has 1 aliphatic heterocycles. The molecular formula is C27H29NO3. The van der Waals surface area contributed by atoms with Crippen molar-refractivity contribution in [3.05, 3.63) is 94.5 Å². The Morgan fingerprint density at radius 3 is 2.45 bits per heavy atom. The maximum absolute atomic E-state index is 13.2. The van der Waals surface area contributed by atoms with Gasteiger partial charge in [0.05, 0.1) is 7.11 Å². The molecule has 0 fully saturated rings. The normalized spacial score (nSPS) is 15.3. The number of ether oxygens (including phenoxy) is 2. The van der Waals surface area contributed by atoms with Gasteiger partial charge < -0.3 is 14.4 Å². The molecule has 160 valence electrons. The smallest absolute Gasteiger partial charge is 0.254 e. The van der Waals surface area contributed by atoms with Crippen molar-refractivity contribution in [3.63, 3.8) is 0 Å². The minimum Gasteiger partial charge on any atom is -0.493 e. The first-order valence-electron chi connectivity index (χ1n) is 10.9. The van der Waals surface area contributed by atoms with Crippen molar-refractivity contribution in [3.8, 4) is 11.5 Å². The fraction of sp³-hybridized carbons (Fsp3) is 0.296. The van der Waals surface area contributed by atoms with Crippen molar-refractivity contribution in [1.82, 2.24) is 4.90 Å². The molecule has 0 radical (unpaired) electrons. The van der Waals surface area contributed by atoms with Gasteiger partial charge >= 0.3 is 0 Å². The summed E-state index contributed by atoms with van der Waals surface area (Å²) in [5, 5.41) is 0. The molecule has 3 aromatic rings. The number of nitrogens with zero attached hydrogens (tertiary/aromatic N) is 1. The van der Waals surface area contributed by atoms with Gasteiger partial charge in [0.25, 0.3) is 5.91 Å². The summed E-state index contributed by atoms with van der Waals surface area (Å²) in [6.07, 6.45) is 1.71. The molecule has 0 saturated carbocycles. The molecule has 4 rings (SSSR count). The lowest BCUT2D eigenvalue weighted by Gasteiger charge is -2.35. The van der Waals surface area contributed by atoms with Crippen LogP contribution in [-0.4, -0.2) is 24.0 Å². The van der Waals surface area contributed by atoms with Gasteiger partial charge in [0, 0.05) is 18.2 Å². The summed E-state index contributed by atoms with van der Waals surface area (Å²) in [5.74, 6) is 1.52. The number of hydrogen-bond donors (Lipinski definition) is 0. The molecule has 0 bridgehead atoms. The molecule has 0 aliphatic carbocycles. The summed E-state index contributed by atoms with van der Waals surface area (Å²) in [7, 11) is 1.65. The zero-order valence-electron chi connectivity index (χ0n) is 18.4. The monoisotopic (exact) mass is 415 g/mol. The molecule has 0 spiro atoms. The number of rotatable bonds is 6. The third-order valence-corrected chi connectivity index (χ3v) is 5.95. The molecular weight excluding hydrogens is 386 g/mol. The lowest BCUT2D eigenvalue weighted by atomic mass is 9.93. The van der Waals surface area contributed by atoms with Gasteiger partial charge in [-0.05, 0) is 66.3 Å². The van der Waals surface area contributed by atoms with Crippen molar-refractivity contribution in [2.75, 3.05) is 7.11 Å². The predicted octanol–water partition coefficient (Wildman–Crippen LogP) is 5.42. The maximum Gasteiger partial charge on any atom is 0.254 e. The number of methoxy groups -OCH3 is 1. The van der Waals surface area contributed by atoms with Crippen LogP contribution in [-0.2, 0) is 26.0 Å². The van der Waals surface area contributed by atoms with Gasteiger partial charge in [-0.25, -0.2) is 0 Å². The van der Waals surface area contributed by atoms with Crippen LogP contribution in [0.5, 0.6) is 11.5 Å². The van der Waals surface area contributed by atoms with Crippen molar-refractivity contribution < 1.29 is 14.3 Å². The Morgan fingerprint density at radius 1 is 0.968 bits per heavy atom. The molecule has 0 N–H and O–H groups in total. The number of carbonyl (C=O) groups excluding carboxylic acids is 1. The van der Waals surface area contributed by atoms with E-state index in [0.29, 0.717) is 18.9 Å². The minimum absolute atomic E-state index is 0.0804. The number of fused-ring (bicyclic) bond motifs is 1. The predicted molar refractivity (Wildman–Crippen MR) is 123 cm³/mol. The Kier molecular flexibility index (Phi) is 6.26. The first kappa shape index (κ1) is 21.0. The third-order valence-electron chi connectivity index (χ3n) is 5.95. The van der Waals surface area contributed by atoms with Gasteiger partial charge in [-0.1, -0.05) is 49.4 Å². The number of hydrogen-bond acceptors (Lipinski definition) is 3. The van der Waals surface area contributed by atoms with Gasteiger partial charge in [-0.3, -0.25) is 4.79 Å². The van der Waals surface area contributed by atoms with Crippen molar-refractivity contribution in [2.45, 2.75) is 45.9 Å². The molecule has 1 atom stereocenters. The standard InChI is InChI=1S/C27H29NO3/c1-4-20-11-8-12-22(14-20)27(29)28-17-24-16-25(30-3)26(15-23(24)13-19(28)2)31-18-21-9-6-5-7-10-21/h5-12,14-16,19H,4,13,17-18H2,1-3H3. The van der Waals surface area contributed by atoms with E-state index in [2.05, 4.69) is 26.0 Å². The van der Waals surface area contributed by atoms with Crippen LogP contribution in [0.4, 0.5) is 0 Å². The van der Waals surface area contributed by atoms with Crippen LogP contribution in [0.15, 0.2) is 66.7 Å². The van der Waals surface area contributed by atoms with Gasteiger partial charge in [-0.2, -0.15) is 0 Å². The molecule has 3 aromatic carbocycles. The van der Waals surface area contributed by atoms with Gasteiger partial charge in [-0.15, -0.1) is 0 Å². The second-order valence-corrected chi connectivity index (χ2v) is 8.09. The van der Waals surface area contributed by atoms with E-state index >= 15 is 0 Å². The van der Waals surface area contributed by atoms with E-state index < -0.39 is 0 Å². The van der Waals surface area contributed by atoms with E-state index in [1.807, 2.05) is 59.5 Å². The Hall–Kier alpha value is -3.27. The lowest BCUT2D eigenvalue weighted by molar-refractivity contribution is 0.0657. The minimum atomic E-state index is 0.0804. The van der Waals surface area contributed by atoms with Crippen molar-refractivity contribution >= 4 is 5.91 Å². The first-order valence-corrected chi connectivity index (χ1v) is 10.9. The molecule has 0 aromatic heterocycles. The molecule has 4 nitrogen and oxygen atoms in total. The summed E-state index contributed by atoms with van der Waals surface area (Å²) in [6.45, 7) is 5.28. The van der Waals surface area contributed by atoms with Crippen LogP contribution < -0.4 is 9.47 Å². The number of benzene rings is 3. The van der Waals surface area contributed by atoms with E-state index in [4.69, 9.17) is 9.47 Å². The van der Waals surface area contributed by atoms with E-state index in [1.165, 1.54) is 11.1 Å². The zero-order chi connectivity index (χ0) is 21.8. The Bertz CT molecular complexity index is 1060. The summed E-state index contributed by atoms with van der Waals surface area (Å²) in [4.78, 5) is 15.2. The van der Waals surface area contributed by atoms with Gasteiger partial charge in [0.15, 0.2) is 11.5 Å². The summed E-state index contributed by atoms with van der Waals surface area (Å²) in [5.41, 5.74) is 5.37. The lowest BCUT2D eigenvalue weighted by Crippen LogP contribution is -2.42. The van der Waals surface area contributed by atoms with E-state index in [-0.39, 0.29) is 11.9 Å². The van der Waals surface area contributed by atoms with Gasteiger partial charge in [0.2, 0.25) is 0 Å². The van der Waals surface area contributed by atoms with Crippen LogP contribution in [0.25, 0.3) is 0 Å². The van der Waals surface area contributed by atoms with E-state index in [9.17, 15) is 4.79 Å². The van der Waals surface area contributed by atoms with Crippen LogP contribution in [0, 0.1) is 0 Å². The number of amides is 1. The summed E-state index contributed by atoms with van der Waals surface area (Å²) < 4.78 is 11.7. The first-order chi connectivity index (χ1) is 15.1. The highest BCUT2D eigenvalue weighted by Crippen LogP contribution is 2.35. The van der Waals surface area contributed by atoms with Crippen LogP contribution in [0.1, 0.15) is 46.5 Å². The topological polar surface area (TPSA) is 38.8 Å². The third kappa shape index (κ3) is 4.58. The Labute approximate surface area is 184 Å². The second-order valence-electron chi connectivity index (χ2n) is 8.09. The maximum atomic E-state index is 13.2. The number of carbonyl (C=O) groups is 1. The zero-order valence-corrected chi connectivity index (χ0v) is 18.4. The molecule has 0 saturated heterocycles. The highest BCUT2D eigenvalue weighted by atomic mass is 16.5. The van der Waals surface area contributed by atoms with Crippen LogP contribution in [0.3, 0.4) is 0 Å². The van der Waals surface area contributed by atoms with Crippen LogP contribution >= 0.6 is 0 Å². The van der Waals surface area contributed by atoms with Crippen molar-refractivity contribution in [1.29, 1.82) is 0 Å². The molecule has 1 heterocycles. The Morgan fingerprint density at radius 2 is 1.71 bits per heavy atom. The second kappa shape index (κ2) is 9.25. The fourth-order valence-electron chi connectivity index (χ4n) is 4.12. The Balaban J connectivity index is 1.56. The fourth-order valence-corrected chi connectivity index (χ4v) is 4.12. The molecule has 1 aliphatic rings. The summed E-state index contributed by atoms with van der Waals surface area (Å²) in [6, 6.07) is 22.2. The largest absolute Gasteiger partial charge is 0.493 e. The quantitative estimate of drug-likeness (QED) is 0.539. The van der Waals surface area contributed by atoms with E-state index in [0.717, 1.165) is 35.3 Å². The molecule has 1 unspecified atom stereocenters. The van der Waals surface area contributed by atoms with E-state index in [1.54, 1.807) is 7.11 Å². The van der Waals surface area contributed by atoms with Gasteiger partial charge in [0.1, 0.15) is 6.61 Å². The SMILES string of the molecule is CCc1cccc(C(=O)N2Cc3cc(OC)c(OCc4ccccc4)cc3CC2C)c1. The molecule has 4 heteroatoms. The average Bonchev–Trinajstić information content (AvgIpc) is 2.82. The molecule has 1 amide bonds. The summed E-state index contributed by atoms with van der Waals surface area (Å²) >= 11 is 0. The van der Waals surface area contributed by atoms with Crippen molar-refractivity contribution in [2.24, 2.45) is 0 Å².